The Morgan fingerprint density at radius 1 is 1.05 bits per heavy atom. The first-order valence-electron chi connectivity index (χ1n) is 6.30. The lowest BCUT2D eigenvalue weighted by atomic mass is 10.2. The van der Waals surface area contributed by atoms with E-state index >= 15 is 0 Å². The SMILES string of the molecule is COc1ccccc1OCc1cc2c(N)cccc2s1. The van der Waals surface area contributed by atoms with Crippen LogP contribution in [0, 0.1) is 0 Å². The number of ether oxygens (including phenoxy) is 2. The van der Waals surface area contributed by atoms with Gasteiger partial charge in [0.15, 0.2) is 11.5 Å². The first-order chi connectivity index (χ1) is 9.78. The molecule has 0 spiro atoms. The summed E-state index contributed by atoms with van der Waals surface area (Å²) in [5, 5.41) is 1.09. The molecule has 3 nitrogen and oxygen atoms in total. The normalized spacial score (nSPS) is 10.7. The predicted octanol–water partition coefficient (Wildman–Crippen LogP) is 4.07. The zero-order valence-electron chi connectivity index (χ0n) is 11.1. The van der Waals surface area contributed by atoms with Crippen LogP contribution in [0.5, 0.6) is 11.5 Å². The molecule has 2 N–H and O–H groups in total. The molecular weight excluding hydrogens is 270 g/mol. The smallest absolute Gasteiger partial charge is 0.161 e. The summed E-state index contributed by atoms with van der Waals surface area (Å²) >= 11 is 1.70. The summed E-state index contributed by atoms with van der Waals surface area (Å²) in [5.74, 6) is 1.49. The number of hydrogen-bond donors (Lipinski definition) is 1. The fraction of sp³-hybridized carbons (Fsp3) is 0.125. The van der Waals surface area contributed by atoms with E-state index in [1.165, 1.54) is 4.70 Å². The summed E-state index contributed by atoms with van der Waals surface area (Å²) < 4.78 is 12.3. The van der Waals surface area contributed by atoms with Gasteiger partial charge in [0.05, 0.1) is 7.11 Å². The molecule has 3 rings (SSSR count). The molecule has 0 saturated carbocycles. The number of benzene rings is 2. The molecule has 0 unspecified atom stereocenters. The van der Waals surface area contributed by atoms with Crippen molar-refractivity contribution in [2.45, 2.75) is 6.61 Å². The Morgan fingerprint density at radius 3 is 2.60 bits per heavy atom. The van der Waals surface area contributed by atoms with Crippen molar-refractivity contribution in [3.8, 4) is 11.5 Å². The number of nitrogen functional groups attached to an aromatic ring is 1. The standard InChI is InChI=1S/C16H15NO2S/c1-18-14-6-2-3-7-15(14)19-10-11-9-12-13(17)5-4-8-16(12)20-11/h2-9H,10,17H2,1H3. The average Bonchev–Trinajstić information content (AvgIpc) is 2.90. The second-order valence-electron chi connectivity index (χ2n) is 4.41. The minimum Gasteiger partial charge on any atom is -0.493 e. The third kappa shape index (κ3) is 2.42. The third-order valence-electron chi connectivity index (χ3n) is 3.09. The van der Waals surface area contributed by atoms with Crippen LogP contribution in [-0.2, 0) is 6.61 Å². The lowest BCUT2D eigenvalue weighted by Gasteiger charge is -2.08. The molecule has 20 heavy (non-hydrogen) atoms. The lowest BCUT2D eigenvalue weighted by molar-refractivity contribution is 0.287. The summed E-state index contributed by atoms with van der Waals surface area (Å²) in [6.45, 7) is 0.513. The van der Waals surface area contributed by atoms with E-state index in [2.05, 4.69) is 12.1 Å². The van der Waals surface area contributed by atoms with Crippen LogP contribution in [0.3, 0.4) is 0 Å². The lowest BCUT2D eigenvalue weighted by Crippen LogP contribution is -1.95. The molecule has 4 heteroatoms. The maximum Gasteiger partial charge on any atom is 0.161 e. The van der Waals surface area contributed by atoms with Crippen LogP contribution < -0.4 is 15.2 Å². The molecule has 0 aliphatic rings. The third-order valence-corrected chi connectivity index (χ3v) is 4.16. The molecule has 0 bridgehead atoms. The molecule has 1 heterocycles. The van der Waals surface area contributed by atoms with E-state index in [0.29, 0.717) is 6.61 Å². The van der Waals surface area contributed by atoms with Crippen molar-refractivity contribution in [1.29, 1.82) is 0 Å². The Hall–Kier alpha value is -2.20. The van der Waals surface area contributed by atoms with E-state index in [0.717, 1.165) is 27.4 Å². The highest BCUT2D eigenvalue weighted by Crippen LogP contribution is 2.32. The Kier molecular flexibility index (Phi) is 3.48. The molecule has 3 aromatic rings. The van der Waals surface area contributed by atoms with Gasteiger partial charge in [-0.2, -0.15) is 0 Å². The topological polar surface area (TPSA) is 44.5 Å². The molecule has 2 aromatic carbocycles. The minimum absolute atomic E-state index is 0.513. The van der Waals surface area contributed by atoms with Crippen molar-refractivity contribution in [2.75, 3.05) is 12.8 Å². The first kappa shape index (κ1) is 12.8. The molecule has 0 saturated heterocycles. The van der Waals surface area contributed by atoms with E-state index in [9.17, 15) is 0 Å². The van der Waals surface area contributed by atoms with E-state index < -0.39 is 0 Å². The number of thiophene rings is 1. The highest BCUT2D eigenvalue weighted by molar-refractivity contribution is 7.19. The number of methoxy groups -OCH3 is 1. The number of nitrogens with two attached hydrogens (primary N) is 1. The fourth-order valence-corrected chi connectivity index (χ4v) is 3.10. The van der Waals surface area contributed by atoms with Crippen LogP contribution in [0.4, 0.5) is 5.69 Å². The van der Waals surface area contributed by atoms with Gasteiger partial charge in [0.2, 0.25) is 0 Å². The number of para-hydroxylation sites is 2. The van der Waals surface area contributed by atoms with E-state index in [-0.39, 0.29) is 0 Å². The predicted molar refractivity (Wildman–Crippen MR) is 83.6 cm³/mol. The van der Waals surface area contributed by atoms with Gasteiger partial charge in [-0.05, 0) is 30.3 Å². The van der Waals surface area contributed by atoms with Gasteiger partial charge >= 0.3 is 0 Å². The van der Waals surface area contributed by atoms with Crippen molar-refractivity contribution in [2.24, 2.45) is 0 Å². The quantitative estimate of drug-likeness (QED) is 0.735. The first-order valence-corrected chi connectivity index (χ1v) is 7.12. The molecule has 1 aromatic heterocycles. The highest BCUT2D eigenvalue weighted by Gasteiger charge is 2.07. The summed E-state index contributed by atoms with van der Waals surface area (Å²) in [6.07, 6.45) is 0. The van der Waals surface area contributed by atoms with Gasteiger partial charge < -0.3 is 15.2 Å². The van der Waals surface area contributed by atoms with Crippen LogP contribution in [-0.4, -0.2) is 7.11 Å². The molecule has 102 valence electrons. The van der Waals surface area contributed by atoms with Crippen LogP contribution in [0.15, 0.2) is 48.5 Å². The minimum atomic E-state index is 0.513. The second kappa shape index (κ2) is 5.43. The number of anilines is 1. The molecule has 0 aliphatic heterocycles. The monoisotopic (exact) mass is 285 g/mol. The fourth-order valence-electron chi connectivity index (χ4n) is 2.09. The largest absolute Gasteiger partial charge is 0.493 e. The molecule has 0 amide bonds. The molecule has 0 aliphatic carbocycles. The van der Waals surface area contributed by atoms with Gasteiger partial charge in [-0.15, -0.1) is 11.3 Å². The Morgan fingerprint density at radius 2 is 1.85 bits per heavy atom. The van der Waals surface area contributed by atoms with Crippen molar-refractivity contribution >= 4 is 27.1 Å². The summed E-state index contributed by atoms with van der Waals surface area (Å²) in [7, 11) is 1.64. The van der Waals surface area contributed by atoms with E-state index in [4.69, 9.17) is 15.2 Å². The maximum atomic E-state index is 5.97. The van der Waals surface area contributed by atoms with Gasteiger partial charge in [0.25, 0.3) is 0 Å². The Bertz CT molecular complexity index is 736. The second-order valence-corrected chi connectivity index (χ2v) is 5.58. The van der Waals surface area contributed by atoms with Gasteiger partial charge in [-0.1, -0.05) is 18.2 Å². The maximum absolute atomic E-state index is 5.97. The zero-order valence-corrected chi connectivity index (χ0v) is 11.9. The van der Waals surface area contributed by atoms with Crippen molar-refractivity contribution in [1.82, 2.24) is 0 Å². The van der Waals surface area contributed by atoms with Crippen LogP contribution in [0.25, 0.3) is 10.1 Å². The average molecular weight is 285 g/mol. The van der Waals surface area contributed by atoms with Gasteiger partial charge in [0.1, 0.15) is 6.61 Å². The summed E-state index contributed by atoms with van der Waals surface area (Å²) in [4.78, 5) is 1.14. The van der Waals surface area contributed by atoms with Crippen molar-refractivity contribution in [3.05, 3.63) is 53.4 Å². The van der Waals surface area contributed by atoms with Gasteiger partial charge in [0, 0.05) is 20.7 Å². The molecule has 0 fully saturated rings. The Labute approximate surface area is 121 Å². The van der Waals surface area contributed by atoms with Crippen molar-refractivity contribution in [3.63, 3.8) is 0 Å². The van der Waals surface area contributed by atoms with Crippen molar-refractivity contribution < 1.29 is 9.47 Å². The summed E-state index contributed by atoms with van der Waals surface area (Å²) in [5.41, 5.74) is 6.78. The molecule has 0 atom stereocenters. The van der Waals surface area contributed by atoms with Crippen LogP contribution in [0.1, 0.15) is 4.88 Å². The van der Waals surface area contributed by atoms with Crippen LogP contribution >= 0.6 is 11.3 Å². The van der Waals surface area contributed by atoms with Crippen LogP contribution in [0.2, 0.25) is 0 Å². The summed E-state index contributed by atoms with van der Waals surface area (Å²) in [6, 6.07) is 15.7. The highest BCUT2D eigenvalue weighted by atomic mass is 32.1. The van der Waals surface area contributed by atoms with E-state index in [1.807, 2.05) is 36.4 Å². The van der Waals surface area contributed by atoms with Gasteiger partial charge in [-0.25, -0.2) is 0 Å². The Balaban J connectivity index is 1.82. The number of fused-ring (bicyclic) bond motifs is 1. The zero-order chi connectivity index (χ0) is 13.9. The molecule has 0 radical (unpaired) electrons. The van der Waals surface area contributed by atoms with E-state index in [1.54, 1.807) is 18.4 Å². The molecular formula is C16H15NO2S. The number of rotatable bonds is 4. The number of hydrogen-bond acceptors (Lipinski definition) is 4. The van der Waals surface area contributed by atoms with Gasteiger partial charge in [-0.3, -0.25) is 0 Å².